The number of piperidine rings is 1. The highest BCUT2D eigenvalue weighted by Gasteiger charge is 2.24. The molecule has 1 unspecified atom stereocenters. The fraction of sp³-hybridized carbons (Fsp3) is 0.917. The molecule has 0 bridgehead atoms. The highest BCUT2D eigenvalue weighted by atomic mass is 35.5. The molecule has 0 radical (unpaired) electrons. The van der Waals surface area contributed by atoms with Gasteiger partial charge in [0, 0.05) is 26.2 Å². The Balaban J connectivity index is 0.00000256. The zero-order chi connectivity index (χ0) is 11.8. The molecule has 1 saturated heterocycles. The number of hydrogen-bond donors (Lipinski definition) is 1. The van der Waals surface area contributed by atoms with Crippen LogP contribution in [0.3, 0.4) is 0 Å². The summed E-state index contributed by atoms with van der Waals surface area (Å²) in [6.07, 6.45) is 2.14. The fourth-order valence-corrected chi connectivity index (χ4v) is 2.06. The van der Waals surface area contributed by atoms with Crippen LogP contribution in [0, 0.1) is 5.92 Å². The Kier molecular flexibility index (Phi) is 9.50. The summed E-state index contributed by atoms with van der Waals surface area (Å²) in [5, 5.41) is 3.28. The number of halogens is 1. The molecule has 0 spiro atoms. The van der Waals surface area contributed by atoms with Crippen molar-refractivity contribution >= 4 is 18.3 Å². The number of nitrogens with one attached hydrogen (secondary N) is 1. The average Bonchev–Trinajstić information content (AvgIpc) is 2.35. The number of carbonyl (C=O) groups is 1. The van der Waals surface area contributed by atoms with Gasteiger partial charge in [-0.2, -0.15) is 0 Å². The van der Waals surface area contributed by atoms with E-state index >= 15 is 0 Å². The molecular formula is C12H25ClN2O2. The molecule has 1 atom stereocenters. The first-order valence-corrected chi connectivity index (χ1v) is 6.36. The van der Waals surface area contributed by atoms with E-state index in [0.717, 1.165) is 45.6 Å². The van der Waals surface area contributed by atoms with Crippen LogP contribution in [0.25, 0.3) is 0 Å². The lowest BCUT2D eigenvalue weighted by molar-refractivity contribution is -0.136. The number of likely N-dealkylation sites (N-methyl/N-ethyl adjacent to an activating group) is 1. The summed E-state index contributed by atoms with van der Waals surface area (Å²) >= 11 is 0. The smallest absolute Gasteiger partial charge is 0.227 e. The van der Waals surface area contributed by atoms with Gasteiger partial charge in [0.15, 0.2) is 0 Å². The molecule has 102 valence electrons. The molecule has 1 rings (SSSR count). The molecule has 5 heteroatoms. The van der Waals surface area contributed by atoms with E-state index in [9.17, 15) is 4.79 Å². The second kappa shape index (κ2) is 9.68. The van der Waals surface area contributed by atoms with E-state index in [2.05, 4.69) is 5.32 Å². The molecule has 1 heterocycles. The lowest BCUT2D eigenvalue weighted by atomic mass is 9.98. The topological polar surface area (TPSA) is 41.6 Å². The van der Waals surface area contributed by atoms with Crippen LogP contribution in [0.15, 0.2) is 0 Å². The molecule has 0 saturated carbocycles. The molecule has 1 fully saturated rings. The maximum Gasteiger partial charge on any atom is 0.227 e. The lowest BCUT2D eigenvalue weighted by Gasteiger charge is -2.28. The van der Waals surface area contributed by atoms with E-state index in [-0.39, 0.29) is 24.2 Å². The van der Waals surface area contributed by atoms with Crippen LogP contribution in [0.1, 0.15) is 26.7 Å². The molecule has 0 aromatic rings. The Labute approximate surface area is 110 Å². The van der Waals surface area contributed by atoms with Gasteiger partial charge in [-0.3, -0.25) is 4.79 Å². The van der Waals surface area contributed by atoms with Gasteiger partial charge in [0.2, 0.25) is 5.91 Å². The number of amides is 1. The van der Waals surface area contributed by atoms with Crippen molar-refractivity contribution in [2.24, 2.45) is 5.92 Å². The van der Waals surface area contributed by atoms with Crippen molar-refractivity contribution in [3.05, 3.63) is 0 Å². The van der Waals surface area contributed by atoms with Gasteiger partial charge in [-0.15, -0.1) is 12.4 Å². The van der Waals surface area contributed by atoms with Crippen LogP contribution < -0.4 is 5.32 Å². The maximum atomic E-state index is 12.2. The summed E-state index contributed by atoms with van der Waals surface area (Å²) in [5.74, 6) is 0.463. The van der Waals surface area contributed by atoms with Crippen molar-refractivity contribution in [3.8, 4) is 0 Å². The summed E-state index contributed by atoms with van der Waals surface area (Å²) in [6, 6.07) is 0. The minimum absolute atomic E-state index is 0. The van der Waals surface area contributed by atoms with Crippen LogP contribution in [0.4, 0.5) is 0 Å². The van der Waals surface area contributed by atoms with Crippen LogP contribution >= 0.6 is 12.4 Å². The molecule has 0 aromatic heterocycles. The van der Waals surface area contributed by atoms with Gasteiger partial charge in [0.05, 0.1) is 12.5 Å². The van der Waals surface area contributed by atoms with E-state index in [1.54, 1.807) is 0 Å². The van der Waals surface area contributed by atoms with Gasteiger partial charge in [0.1, 0.15) is 0 Å². The normalized spacial score (nSPS) is 19.5. The SMILES string of the molecule is CCOCCN(CC)C(=O)C1CCCNC1.Cl. The molecule has 0 aliphatic carbocycles. The zero-order valence-corrected chi connectivity index (χ0v) is 11.7. The number of carbonyl (C=O) groups excluding carboxylic acids is 1. The van der Waals surface area contributed by atoms with Crippen molar-refractivity contribution in [2.45, 2.75) is 26.7 Å². The number of ether oxygens (including phenoxy) is 1. The average molecular weight is 265 g/mol. The Morgan fingerprint density at radius 2 is 2.24 bits per heavy atom. The molecule has 1 N–H and O–H groups in total. The first-order valence-electron chi connectivity index (χ1n) is 6.36. The van der Waals surface area contributed by atoms with Crippen molar-refractivity contribution < 1.29 is 9.53 Å². The van der Waals surface area contributed by atoms with E-state index in [4.69, 9.17) is 4.74 Å². The summed E-state index contributed by atoms with van der Waals surface area (Å²) < 4.78 is 5.29. The van der Waals surface area contributed by atoms with Crippen molar-refractivity contribution in [2.75, 3.05) is 39.4 Å². The Morgan fingerprint density at radius 1 is 1.47 bits per heavy atom. The van der Waals surface area contributed by atoms with Gasteiger partial charge < -0.3 is 15.0 Å². The minimum Gasteiger partial charge on any atom is -0.380 e. The third-order valence-electron chi connectivity index (χ3n) is 3.05. The summed E-state index contributed by atoms with van der Waals surface area (Å²) in [7, 11) is 0. The molecule has 4 nitrogen and oxygen atoms in total. The van der Waals surface area contributed by atoms with Gasteiger partial charge in [-0.1, -0.05) is 0 Å². The first-order chi connectivity index (χ1) is 7.79. The highest BCUT2D eigenvalue weighted by Crippen LogP contribution is 2.13. The molecule has 0 aromatic carbocycles. The minimum atomic E-state index is 0. The van der Waals surface area contributed by atoms with Crippen molar-refractivity contribution in [1.82, 2.24) is 10.2 Å². The predicted molar refractivity (Wildman–Crippen MR) is 71.6 cm³/mol. The highest BCUT2D eigenvalue weighted by molar-refractivity contribution is 5.85. The quantitative estimate of drug-likeness (QED) is 0.735. The van der Waals surface area contributed by atoms with E-state index in [1.165, 1.54) is 0 Å². The second-order valence-corrected chi connectivity index (χ2v) is 4.16. The summed E-state index contributed by atoms with van der Waals surface area (Å²) in [4.78, 5) is 14.1. The van der Waals surface area contributed by atoms with E-state index in [0.29, 0.717) is 6.61 Å². The van der Waals surface area contributed by atoms with Crippen molar-refractivity contribution in [1.29, 1.82) is 0 Å². The monoisotopic (exact) mass is 264 g/mol. The van der Waals surface area contributed by atoms with Gasteiger partial charge in [-0.25, -0.2) is 0 Å². The Morgan fingerprint density at radius 3 is 2.76 bits per heavy atom. The zero-order valence-electron chi connectivity index (χ0n) is 10.9. The van der Waals surface area contributed by atoms with Crippen LogP contribution in [-0.2, 0) is 9.53 Å². The van der Waals surface area contributed by atoms with E-state index < -0.39 is 0 Å². The number of nitrogens with zero attached hydrogens (tertiary/aromatic N) is 1. The molecule has 17 heavy (non-hydrogen) atoms. The van der Waals surface area contributed by atoms with E-state index in [1.807, 2.05) is 18.7 Å². The maximum absolute atomic E-state index is 12.2. The number of rotatable bonds is 6. The summed E-state index contributed by atoms with van der Waals surface area (Å²) in [6.45, 7) is 8.76. The van der Waals surface area contributed by atoms with Gasteiger partial charge in [0.25, 0.3) is 0 Å². The van der Waals surface area contributed by atoms with Crippen LogP contribution in [0.2, 0.25) is 0 Å². The van der Waals surface area contributed by atoms with Gasteiger partial charge >= 0.3 is 0 Å². The lowest BCUT2D eigenvalue weighted by Crippen LogP contribution is -2.44. The Hall–Kier alpha value is -0.320. The molecule has 1 amide bonds. The standard InChI is InChI=1S/C12H24N2O2.ClH/c1-3-14(8-9-16-4-2)12(15)11-6-5-7-13-10-11;/h11,13H,3-10H2,1-2H3;1H. The molecular weight excluding hydrogens is 240 g/mol. The third kappa shape index (κ3) is 5.70. The molecule has 1 aliphatic rings. The Bertz CT molecular complexity index is 209. The molecule has 1 aliphatic heterocycles. The van der Waals surface area contributed by atoms with Crippen LogP contribution in [-0.4, -0.2) is 50.2 Å². The largest absolute Gasteiger partial charge is 0.380 e. The third-order valence-corrected chi connectivity index (χ3v) is 3.05. The fourth-order valence-electron chi connectivity index (χ4n) is 2.06. The van der Waals surface area contributed by atoms with Gasteiger partial charge in [-0.05, 0) is 33.2 Å². The second-order valence-electron chi connectivity index (χ2n) is 4.16. The van der Waals surface area contributed by atoms with Crippen molar-refractivity contribution in [3.63, 3.8) is 0 Å². The predicted octanol–water partition coefficient (Wildman–Crippen LogP) is 1.29. The first kappa shape index (κ1) is 16.7. The van der Waals surface area contributed by atoms with Crippen LogP contribution in [0.5, 0.6) is 0 Å². The number of hydrogen-bond acceptors (Lipinski definition) is 3. The summed E-state index contributed by atoms with van der Waals surface area (Å²) in [5.41, 5.74) is 0.